The third-order valence-corrected chi connectivity index (χ3v) is 2.59. The Bertz CT molecular complexity index is 460. The average molecular weight is 233 g/mol. The molecule has 2 rings (SSSR count). The molecule has 0 spiro atoms. The number of aromatic amines is 1. The van der Waals surface area contributed by atoms with E-state index in [0.717, 1.165) is 5.56 Å². The number of ether oxygens (including phenoxy) is 2. The van der Waals surface area contributed by atoms with E-state index in [2.05, 4.69) is 9.97 Å². The molecule has 0 aliphatic heterocycles. The normalized spacial score (nSPS) is 12.2. The predicted molar refractivity (Wildman–Crippen MR) is 64.2 cm³/mol. The molecule has 1 aromatic carbocycles. The molecular weight excluding hydrogens is 218 g/mol. The Balaban J connectivity index is 2.49. The largest absolute Gasteiger partial charge is 0.496 e. The first-order chi connectivity index (χ1) is 8.27. The van der Waals surface area contributed by atoms with Gasteiger partial charge >= 0.3 is 0 Å². The van der Waals surface area contributed by atoms with Crippen molar-refractivity contribution in [3.8, 4) is 11.5 Å². The molecule has 5 nitrogen and oxygen atoms in total. The first-order valence-electron chi connectivity index (χ1n) is 5.23. The minimum absolute atomic E-state index is 0.406. The summed E-state index contributed by atoms with van der Waals surface area (Å²) in [5.41, 5.74) is 6.94. The van der Waals surface area contributed by atoms with Crippen LogP contribution in [-0.4, -0.2) is 24.2 Å². The van der Waals surface area contributed by atoms with Gasteiger partial charge in [0, 0.05) is 12.4 Å². The molecule has 5 heteroatoms. The number of methoxy groups -OCH3 is 2. The smallest absolute Gasteiger partial charge is 0.127 e. The molecule has 1 aromatic heterocycles. The highest BCUT2D eigenvalue weighted by atomic mass is 16.5. The summed E-state index contributed by atoms with van der Waals surface area (Å²) < 4.78 is 10.6. The first kappa shape index (κ1) is 11.5. The minimum atomic E-state index is -0.406. The van der Waals surface area contributed by atoms with Gasteiger partial charge in [-0.15, -0.1) is 0 Å². The Morgan fingerprint density at radius 1 is 1.24 bits per heavy atom. The van der Waals surface area contributed by atoms with E-state index < -0.39 is 6.04 Å². The number of imidazole rings is 1. The lowest BCUT2D eigenvalue weighted by Gasteiger charge is -2.17. The average Bonchev–Trinajstić information content (AvgIpc) is 2.90. The van der Waals surface area contributed by atoms with Crippen LogP contribution in [0.4, 0.5) is 0 Å². The molecule has 2 aromatic rings. The maximum atomic E-state index is 6.16. The number of hydrogen-bond acceptors (Lipinski definition) is 4. The van der Waals surface area contributed by atoms with Gasteiger partial charge in [0.1, 0.15) is 17.3 Å². The Kier molecular flexibility index (Phi) is 3.30. The van der Waals surface area contributed by atoms with E-state index in [0.29, 0.717) is 17.3 Å². The number of rotatable bonds is 4. The van der Waals surface area contributed by atoms with Gasteiger partial charge in [-0.25, -0.2) is 4.98 Å². The van der Waals surface area contributed by atoms with Crippen LogP contribution in [-0.2, 0) is 0 Å². The quantitative estimate of drug-likeness (QED) is 0.838. The third kappa shape index (κ3) is 2.09. The number of aromatic nitrogens is 2. The van der Waals surface area contributed by atoms with Crippen molar-refractivity contribution in [3.05, 3.63) is 42.0 Å². The number of nitrogens with one attached hydrogen (secondary N) is 1. The van der Waals surface area contributed by atoms with Crippen LogP contribution in [0.25, 0.3) is 0 Å². The second kappa shape index (κ2) is 4.88. The van der Waals surface area contributed by atoms with Gasteiger partial charge in [-0.1, -0.05) is 6.07 Å². The lowest BCUT2D eigenvalue weighted by molar-refractivity contribution is 0.381. The summed E-state index contributed by atoms with van der Waals surface area (Å²) in [6.45, 7) is 0. The molecule has 0 saturated carbocycles. The third-order valence-electron chi connectivity index (χ3n) is 2.59. The van der Waals surface area contributed by atoms with Gasteiger partial charge in [0.15, 0.2) is 0 Å². The summed E-state index contributed by atoms with van der Waals surface area (Å²) in [4.78, 5) is 7.14. The Morgan fingerprint density at radius 3 is 2.35 bits per heavy atom. The van der Waals surface area contributed by atoms with Gasteiger partial charge in [0.25, 0.3) is 0 Å². The second-order valence-electron chi connectivity index (χ2n) is 3.53. The van der Waals surface area contributed by atoms with E-state index in [1.807, 2.05) is 18.2 Å². The zero-order valence-electron chi connectivity index (χ0n) is 9.81. The SMILES string of the molecule is COc1cccc(OC)c1C(N)c1ncc[nH]1. The van der Waals surface area contributed by atoms with Gasteiger partial charge in [-0.05, 0) is 12.1 Å². The van der Waals surface area contributed by atoms with Crippen molar-refractivity contribution in [3.63, 3.8) is 0 Å². The molecule has 0 amide bonds. The molecule has 0 aliphatic carbocycles. The van der Waals surface area contributed by atoms with Crippen molar-refractivity contribution >= 4 is 0 Å². The zero-order valence-corrected chi connectivity index (χ0v) is 9.81. The van der Waals surface area contributed by atoms with Crippen LogP contribution in [0.15, 0.2) is 30.6 Å². The second-order valence-corrected chi connectivity index (χ2v) is 3.53. The maximum absolute atomic E-state index is 6.16. The highest BCUT2D eigenvalue weighted by Gasteiger charge is 2.20. The molecule has 3 N–H and O–H groups in total. The number of nitrogens with zero attached hydrogens (tertiary/aromatic N) is 1. The monoisotopic (exact) mass is 233 g/mol. The molecule has 0 fully saturated rings. The molecule has 1 unspecified atom stereocenters. The molecular formula is C12H15N3O2. The van der Waals surface area contributed by atoms with Crippen LogP contribution in [0.2, 0.25) is 0 Å². The summed E-state index contributed by atoms with van der Waals surface area (Å²) in [6, 6.07) is 5.15. The Morgan fingerprint density at radius 2 is 1.88 bits per heavy atom. The van der Waals surface area contributed by atoms with Crippen LogP contribution < -0.4 is 15.2 Å². The minimum Gasteiger partial charge on any atom is -0.496 e. The van der Waals surface area contributed by atoms with Gasteiger partial charge in [0.2, 0.25) is 0 Å². The van der Waals surface area contributed by atoms with Crippen molar-refractivity contribution < 1.29 is 9.47 Å². The number of benzene rings is 1. The number of hydrogen-bond donors (Lipinski definition) is 2. The van der Waals surface area contributed by atoms with Gasteiger partial charge in [0.05, 0.1) is 25.8 Å². The van der Waals surface area contributed by atoms with Crippen molar-refractivity contribution in [1.29, 1.82) is 0 Å². The first-order valence-corrected chi connectivity index (χ1v) is 5.23. The molecule has 0 bridgehead atoms. The van der Waals surface area contributed by atoms with Crippen molar-refractivity contribution in [2.45, 2.75) is 6.04 Å². The highest BCUT2D eigenvalue weighted by molar-refractivity contribution is 5.48. The van der Waals surface area contributed by atoms with Crippen LogP contribution in [0.3, 0.4) is 0 Å². The lowest BCUT2D eigenvalue weighted by atomic mass is 10.0. The fourth-order valence-corrected chi connectivity index (χ4v) is 1.77. The van der Waals surface area contributed by atoms with Gasteiger partial charge < -0.3 is 20.2 Å². The Hall–Kier alpha value is -2.01. The van der Waals surface area contributed by atoms with E-state index in [1.165, 1.54) is 0 Å². The summed E-state index contributed by atoms with van der Waals surface area (Å²) in [6.07, 6.45) is 3.40. The zero-order chi connectivity index (χ0) is 12.3. The number of nitrogens with two attached hydrogens (primary N) is 1. The van der Waals surface area contributed by atoms with Gasteiger partial charge in [-0.2, -0.15) is 0 Å². The molecule has 0 saturated heterocycles. The van der Waals surface area contributed by atoms with E-state index in [1.54, 1.807) is 26.6 Å². The van der Waals surface area contributed by atoms with Crippen LogP contribution >= 0.6 is 0 Å². The molecule has 0 radical (unpaired) electrons. The van der Waals surface area contributed by atoms with E-state index in [-0.39, 0.29) is 0 Å². The maximum Gasteiger partial charge on any atom is 0.127 e. The Labute approximate surface area is 99.6 Å². The van der Waals surface area contributed by atoms with E-state index >= 15 is 0 Å². The standard InChI is InChI=1S/C12H15N3O2/c1-16-8-4-3-5-9(17-2)10(8)11(13)12-14-6-7-15-12/h3-7,11H,13H2,1-2H3,(H,14,15). The lowest BCUT2D eigenvalue weighted by Crippen LogP contribution is -2.15. The molecule has 90 valence electrons. The fraction of sp³-hybridized carbons (Fsp3) is 0.250. The van der Waals surface area contributed by atoms with Crippen LogP contribution in [0.5, 0.6) is 11.5 Å². The van der Waals surface area contributed by atoms with Crippen molar-refractivity contribution in [1.82, 2.24) is 9.97 Å². The summed E-state index contributed by atoms with van der Waals surface area (Å²) in [5, 5.41) is 0. The van der Waals surface area contributed by atoms with E-state index in [4.69, 9.17) is 15.2 Å². The van der Waals surface area contributed by atoms with Crippen LogP contribution in [0.1, 0.15) is 17.4 Å². The van der Waals surface area contributed by atoms with Crippen molar-refractivity contribution in [2.24, 2.45) is 5.73 Å². The number of H-pyrrole nitrogens is 1. The molecule has 17 heavy (non-hydrogen) atoms. The summed E-state index contributed by atoms with van der Waals surface area (Å²) in [5.74, 6) is 2.05. The van der Waals surface area contributed by atoms with E-state index in [9.17, 15) is 0 Å². The summed E-state index contributed by atoms with van der Waals surface area (Å²) >= 11 is 0. The van der Waals surface area contributed by atoms with Crippen molar-refractivity contribution in [2.75, 3.05) is 14.2 Å². The van der Waals surface area contributed by atoms with Gasteiger partial charge in [-0.3, -0.25) is 0 Å². The summed E-state index contributed by atoms with van der Waals surface area (Å²) in [7, 11) is 3.21. The topological polar surface area (TPSA) is 73.2 Å². The molecule has 0 aliphatic rings. The fourth-order valence-electron chi connectivity index (χ4n) is 1.77. The molecule has 1 heterocycles. The molecule has 1 atom stereocenters. The predicted octanol–water partition coefficient (Wildman–Crippen LogP) is 1.47. The highest BCUT2D eigenvalue weighted by Crippen LogP contribution is 2.34. The van der Waals surface area contributed by atoms with Crippen LogP contribution in [0, 0.1) is 0 Å².